The molecule has 18 heavy (non-hydrogen) atoms. The number of hydrogen-bond donors (Lipinski definition) is 0. The molecule has 0 bridgehead atoms. The second kappa shape index (κ2) is 4.41. The smallest absolute Gasteiger partial charge is 0.144 e. The molecule has 3 nitrogen and oxygen atoms in total. The zero-order valence-electron chi connectivity index (χ0n) is 10.4. The van der Waals surface area contributed by atoms with Gasteiger partial charge < -0.3 is 4.57 Å². The van der Waals surface area contributed by atoms with Crippen molar-refractivity contribution >= 4 is 5.78 Å². The number of aryl methyl sites for hydroxylation is 1. The van der Waals surface area contributed by atoms with Crippen molar-refractivity contribution in [3.8, 4) is 0 Å². The Hall–Kier alpha value is -1.90. The Morgan fingerprint density at radius 2 is 2.17 bits per heavy atom. The van der Waals surface area contributed by atoms with Crippen molar-refractivity contribution < 1.29 is 4.79 Å². The van der Waals surface area contributed by atoms with Gasteiger partial charge in [0.1, 0.15) is 11.6 Å². The van der Waals surface area contributed by atoms with Crippen LogP contribution in [0, 0.1) is 5.92 Å². The van der Waals surface area contributed by atoms with E-state index < -0.39 is 0 Å². The van der Waals surface area contributed by atoms with E-state index in [0.717, 1.165) is 12.2 Å². The lowest BCUT2D eigenvalue weighted by atomic mass is 10.1. The number of rotatable bonds is 4. The quantitative estimate of drug-likeness (QED) is 0.822. The monoisotopic (exact) mass is 240 g/mol. The predicted octanol–water partition coefficient (Wildman–Crippen LogP) is 2.34. The first-order valence-electron chi connectivity index (χ1n) is 6.29. The van der Waals surface area contributed by atoms with Crippen molar-refractivity contribution in [1.29, 1.82) is 0 Å². The highest BCUT2D eigenvalue weighted by Crippen LogP contribution is 2.48. The van der Waals surface area contributed by atoms with Gasteiger partial charge >= 0.3 is 0 Å². The van der Waals surface area contributed by atoms with Crippen LogP contribution in [-0.4, -0.2) is 15.3 Å². The van der Waals surface area contributed by atoms with E-state index in [4.69, 9.17) is 0 Å². The van der Waals surface area contributed by atoms with Crippen LogP contribution in [0.15, 0.2) is 42.7 Å². The van der Waals surface area contributed by atoms with Crippen LogP contribution < -0.4 is 0 Å². The molecule has 0 radical (unpaired) electrons. The van der Waals surface area contributed by atoms with Crippen LogP contribution in [0.1, 0.15) is 23.7 Å². The zero-order valence-corrected chi connectivity index (χ0v) is 10.4. The van der Waals surface area contributed by atoms with Gasteiger partial charge in [0.15, 0.2) is 0 Å². The molecular weight excluding hydrogens is 224 g/mol. The molecule has 0 saturated heterocycles. The number of nitrogens with zero attached hydrogens (tertiary/aromatic N) is 2. The predicted molar refractivity (Wildman–Crippen MR) is 69.2 cm³/mol. The minimum atomic E-state index is 0.198. The lowest BCUT2D eigenvalue weighted by Crippen LogP contribution is -2.10. The Morgan fingerprint density at radius 1 is 1.39 bits per heavy atom. The molecule has 1 fully saturated rings. The number of benzene rings is 1. The lowest BCUT2D eigenvalue weighted by molar-refractivity contribution is -0.119. The van der Waals surface area contributed by atoms with Crippen molar-refractivity contribution in [2.24, 2.45) is 13.0 Å². The van der Waals surface area contributed by atoms with Crippen LogP contribution in [-0.2, 0) is 18.3 Å². The summed E-state index contributed by atoms with van der Waals surface area (Å²) in [5.41, 5.74) is 1.29. The van der Waals surface area contributed by atoms with E-state index in [2.05, 4.69) is 17.1 Å². The third-order valence-corrected chi connectivity index (χ3v) is 3.69. The molecule has 1 aliphatic carbocycles. The summed E-state index contributed by atoms with van der Waals surface area (Å²) in [6.07, 6.45) is 5.07. The van der Waals surface area contributed by atoms with Gasteiger partial charge in [-0.1, -0.05) is 30.3 Å². The number of ketones is 1. The second-order valence-electron chi connectivity index (χ2n) is 4.96. The zero-order chi connectivity index (χ0) is 12.5. The van der Waals surface area contributed by atoms with Crippen LogP contribution in [0.4, 0.5) is 0 Å². The third kappa shape index (κ3) is 2.08. The molecule has 2 aromatic rings. The van der Waals surface area contributed by atoms with E-state index in [1.165, 1.54) is 5.56 Å². The first kappa shape index (κ1) is 11.2. The summed E-state index contributed by atoms with van der Waals surface area (Å²) in [5.74, 6) is 1.81. The molecule has 1 saturated carbocycles. The van der Waals surface area contributed by atoms with Gasteiger partial charge in [0.05, 0.1) is 6.42 Å². The number of carbonyl (C=O) groups excluding carboxylic acids is 1. The van der Waals surface area contributed by atoms with E-state index in [-0.39, 0.29) is 5.92 Å². The van der Waals surface area contributed by atoms with Crippen molar-refractivity contribution in [1.82, 2.24) is 9.55 Å². The average molecular weight is 240 g/mol. The molecular formula is C15H16N2O. The number of carbonyl (C=O) groups is 1. The van der Waals surface area contributed by atoms with Gasteiger partial charge in [-0.25, -0.2) is 4.98 Å². The molecule has 3 heteroatoms. The molecule has 1 aromatic heterocycles. The average Bonchev–Trinajstić information content (AvgIpc) is 3.10. The van der Waals surface area contributed by atoms with Crippen molar-refractivity contribution in [2.75, 3.05) is 0 Å². The maximum absolute atomic E-state index is 12.2. The molecule has 92 valence electrons. The number of Topliss-reactive ketones (excluding diaryl/α,β-unsaturated/α-hetero) is 1. The van der Waals surface area contributed by atoms with Crippen molar-refractivity contribution in [3.63, 3.8) is 0 Å². The summed E-state index contributed by atoms with van der Waals surface area (Å²) in [5, 5.41) is 0. The largest absolute Gasteiger partial charge is 0.338 e. The third-order valence-electron chi connectivity index (χ3n) is 3.69. The highest BCUT2D eigenvalue weighted by atomic mass is 16.1. The van der Waals surface area contributed by atoms with E-state index in [1.54, 1.807) is 6.20 Å². The Morgan fingerprint density at radius 3 is 2.83 bits per heavy atom. The van der Waals surface area contributed by atoms with Crippen LogP contribution in [0.5, 0.6) is 0 Å². The molecule has 1 aromatic carbocycles. The molecule has 1 heterocycles. The maximum atomic E-state index is 12.2. The standard InChI is InChI=1S/C15H16N2O/c1-17-8-7-16-15(17)10-14(18)13-9-12(13)11-5-3-2-4-6-11/h2-8,12-13H,9-10H2,1H3. The summed E-state index contributed by atoms with van der Waals surface area (Å²) in [7, 11) is 1.93. The highest BCUT2D eigenvalue weighted by Gasteiger charge is 2.43. The van der Waals surface area contributed by atoms with Gasteiger partial charge in [0.25, 0.3) is 0 Å². The van der Waals surface area contributed by atoms with Gasteiger partial charge in [-0.05, 0) is 17.9 Å². The SMILES string of the molecule is Cn1ccnc1CC(=O)C1CC1c1ccccc1. The fourth-order valence-electron chi connectivity index (χ4n) is 2.47. The summed E-state index contributed by atoms with van der Waals surface area (Å²) in [6, 6.07) is 10.3. The van der Waals surface area contributed by atoms with Crippen LogP contribution in [0.25, 0.3) is 0 Å². The maximum Gasteiger partial charge on any atom is 0.144 e. The Kier molecular flexibility index (Phi) is 2.74. The van der Waals surface area contributed by atoms with E-state index in [9.17, 15) is 4.79 Å². The number of imidazole rings is 1. The summed E-state index contributed by atoms with van der Waals surface area (Å²) in [4.78, 5) is 16.4. The van der Waals surface area contributed by atoms with Gasteiger partial charge in [-0.15, -0.1) is 0 Å². The second-order valence-corrected chi connectivity index (χ2v) is 4.96. The summed E-state index contributed by atoms with van der Waals surface area (Å²) < 4.78 is 1.91. The molecule has 2 unspecified atom stereocenters. The molecule has 0 spiro atoms. The molecule has 0 N–H and O–H groups in total. The van der Waals surface area contributed by atoms with Crippen LogP contribution in [0.2, 0.25) is 0 Å². The van der Waals surface area contributed by atoms with Gasteiger partial charge in [-0.3, -0.25) is 4.79 Å². The van der Waals surface area contributed by atoms with Crippen molar-refractivity contribution in [3.05, 3.63) is 54.1 Å². The fraction of sp³-hybridized carbons (Fsp3) is 0.333. The van der Waals surface area contributed by atoms with E-state index in [1.807, 2.05) is 36.0 Å². The molecule has 0 aliphatic heterocycles. The first-order valence-corrected chi connectivity index (χ1v) is 6.29. The Labute approximate surface area is 106 Å². The molecule has 2 atom stereocenters. The number of aromatic nitrogens is 2. The molecule has 3 rings (SSSR count). The van der Waals surface area contributed by atoms with Gasteiger partial charge in [-0.2, -0.15) is 0 Å². The Bertz CT molecular complexity index is 559. The van der Waals surface area contributed by atoms with Crippen LogP contribution in [0.3, 0.4) is 0 Å². The van der Waals surface area contributed by atoms with Crippen molar-refractivity contribution in [2.45, 2.75) is 18.8 Å². The van der Waals surface area contributed by atoms with Gasteiger partial charge in [0.2, 0.25) is 0 Å². The fourth-order valence-corrected chi connectivity index (χ4v) is 2.47. The summed E-state index contributed by atoms with van der Waals surface area (Å²) >= 11 is 0. The summed E-state index contributed by atoms with van der Waals surface area (Å²) in [6.45, 7) is 0. The lowest BCUT2D eigenvalue weighted by Gasteiger charge is -2.01. The topological polar surface area (TPSA) is 34.9 Å². The minimum Gasteiger partial charge on any atom is -0.338 e. The Balaban J connectivity index is 1.65. The normalized spacial score (nSPS) is 21.8. The van der Waals surface area contributed by atoms with Gasteiger partial charge in [0, 0.05) is 25.4 Å². The van der Waals surface area contributed by atoms with Crippen LogP contribution >= 0.6 is 0 Å². The number of hydrogen-bond acceptors (Lipinski definition) is 2. The highest BCUT2D eigenvalue weighted by molar-refractivity contribution is 5.86. The molecule has 0 amide bonds. The van der Waals surface area contributed by atoms with E-state index in [0.29, 0.717) is 18.1 Å². The molecule has 1 aliphatic rings. The van der Waals surface area contributed by atoms with E-state index >= 15 is 0 Å². The minimum absolute atomic E-state index is 0.198. The first-order chi connectivity index (χ1) is 8.75.